The lowest BCUT2D eigenvalue weighted by Gasteiger charge is -2.07. The highest BCUT2D eigenvalue weighted by Gasteiger charge is 2.06. The zero-order chi connectivity index (χ0) is 12.7. The van der Waals surface area contributed by atoms with E-state index < -0.39 is 0 Å². The van der Waals surface area contributed by atoms with Crippen molar-refractivity contribution in [2.75, 3.05) is 32.2 Å². The number of carbonyl (C=O) groups excluding carboxylic acids is 1. The van der Waals surface area contributed by atoms with Crippen LogP contribution in [0.5, 0.6) is 0 Å². The minimum Gasteiger partial charge on any atom is -0.382 e. The normalized spacial score (nSPS) is 10.3. The van der Waals surface area contributed by atoms with Crippen LogP contribution in [-0.2, 0) is 14.3 Å². The van der Waals surface area contributed by atoms with Crippen molar-refractivity contribution in [3.63, 3.8) is 0 Å². The van der Waals surface area contributed by atoms with Crippen molar-refractivity contribution in [1.29, 1.82) is 0 Å². The first-order chi connectivity index (χ1) is 8.13. The molecule has 1 amide bonds. The number of methoxy groups -OCH3 is 1. The summed E-state index contributed by atoms with van der Waals surface area (Å²) in [6, 6.07) is 4.03. The maximum absolute atomic E-state index is 12.8. The SMILES string of the molecule is COCCOCC(=O)Nc1ccc(F)cc1Br. The Morgan fingerprint density at radius 1 is 1.47 bits per heavy atom. The second kappa shape index (κ2) is 7.37. The summed E-state index contributed by atoms with van der Waals surface area (Å²) in [5, 5.41) is 2.60. The minimum absolute atomic E-state index is 0.0623. The van der Waals surface area contributed by atoms with E-state index >= 15 is 0 Å². The van der Waals surface area contributed by atoms with Gasteiger partial charge in [0.15, 0.2) is 0 Å². The number of carbonyl (C=O) groups is 1. The summed E-state index contributed by atoms with van der Waals surface area (Å²) < 4.78 is 23.1. The van der Waals surface area contributed by atoms with E-state index in [1.54, 1.807) is 7.11 Å². The molecule has 1 N–H and O–H groups in total. The van der Waals surface area contributed by atoms with Gasteiger partial charge in [0.1, 0.15) is 12.4 Å². The van der Waals surface area contributed by atoms with Gasteiger partial charge < -0.3 is 14.8 Å². The van der Waals surface area contributed by atoms with Crippen LogP contribution in [0.1, 0.15) is 0 Å². The molecule has 1 rings (SSSR count). The predicted octanol–water partition coefficient (Wildman–Crippen LogP) is 2.19. The van der Waals surface area contributed by atoms with E-state index in [0.29, 0.717) is 23.4 Å². The van der Waals surface area contributed by atoms with Crippen LogP contribution in [-0.4, -0.2) is 32.8 Å². The number of nitrogens with one attached hydrogen (secondary N) is 1. The summed E-state index contributed by atoms with van der Waals surface area (Å²) >= 11 is 3.15. The summed E-state index contributed by atoms with van der Waals surface area (Å²) in [6.45, 7) is 0.731. The molecule has 0 bridgehead atoms. The molecule has 0 aliphatic rings. The topological polar surface area (TPSA) is 47.6 Å². The number of ether oxygens (including phenoxy) is 2. The van der Waals surface area contributed by atoms with Gasteiger partial charge in [-0.15, -0.1) is 0 Å². The van der Waals surface area contributed by atoms with E-state index in [2.05, 4.69) is 21.2 Å². The molecule has 0 atom stereocenters. The van der Waals surface area contributed by atoms with Gasteiger partial charge in [-0.05, 0) is 34.1 Å². The van der Waals surface area contributed by atoms with E-state index in [1.165, 1.54) is 18.2 Å². The van der Waals surface area contributed by atoms with Crippen molar-refractivity contribution in [3.05, 3.63) is 28.5 Å². The average molecular weight is 306 g/mol. The van der Waals surface area contributed by atoms with Crippen LogP contribution in [0.2, 0.25) is 0 Å². The largest absolute Gasteiger partial charge is 0.382 e. The van der Waals surface area contributed by atoms with Crippen molar-refractivity contribution >= 4 is 27.5 Å². The van der Waals surface area contributed by atoms with E-state index in [0.717, 1.165) is 0 Å². The molecule has 0 radical (unpaired) electrons. The lowest BCUT2D eigenvalue weighted by Crippen LogP contribution is -2.19. The van der Waals surface area contributed by atoms with Crippen LogP contribution in [0.3, 0.4) is 0 Å². The van der Waals surface area contributed by atoms with Crippen molar-refractivity contribution < 1.29 is 18.7 Å². The molecule has 17 heavy (non-hydrogen) atoms. The maximum atomic E-state index is 12.8. The van der Waals surface area contributed by atoms with Gasteiger partial charge in [-0.1, -0.05) is 0 Å². The highest BCUT2D eigenvalue weighted by atomic mass is 79.9. The molecule has 0 saturated heterocycles. The highest BCUT2D eigenvalue weighted by molar-refractivity contribution is 9.10. The Morgan fingerprint density at radius 2 is 2.24 bits per heavy atom. The van der Waals surface area contributed by atoms with Crippen molar-refractivity contribution in [2.24, 2.45) is 0 Å². The van der Waals surface area contributed by atoms with Crippen LogP contribution in [0.4, 0.5) is 10.1 Å². The molecule has 0 aromatic heterocycles. The predicted molar refractivity (Wildman–Crippen MR) is 65.4 cm³/mol. The maximum Gasteiger partial charge on any atom is 0.250 e. The van der Waals surface area contributed by atoms with Gasteiger partial charge in [-0.25, -0.2) is 4.39 Å². The number of amides is 1. The molecule has 0 aliphatic heterocycles. The Bertz CT molecular complexity index is 387. The second-order valence-corrected chi connectivity index (χ2v) is 4.07. The summed E-state index contributed by atoms with van der Waals surface area (Å²) in [6.07, 6.45) is 0. The molecule has 0 saturated carbocycles. The molecule has 6 heteroatoms. The van der Waals surface area contributed by atoms with Crippen molar-refractivity contribution in [3.8, 4) is 0 Å². The van der Waals surface area contributed by atoms with Crippen molar-refractivity contribution in [2.45, 2.75) is 0 Å². The first kappa shape index (κ1) is 14.1. The van der Waals surface area contributed by atoms with Crippen LogP contribution in [0.15, 0.2) is 22.7 Å². The Labute approximate surface area is 107 Å². The molecular formula is C11H13BrFNO3. The Kier molecular flexibility index (Phi) is 6.10. The van der Waals surface area contributed by atoms with E-state index in [4.69, 9.17) is 9.47 Å². The van der Waals surface area contributed by atoms with Crippen LogP contribution >= 0.6 is 15.9 Å². The van der Waals surface area contributed by atoms with Crippen LogP contribution in [0.25, 0.3) is 0 Å². The number of rotatable bonds is 6. The smallest absolute Gasteiger partial charge is 0.250 e. The summed E-state index contributed by atoms with van der Waals surface area (Å²) in [5.74, 6) is -0.667. The minimum atomic E-state index is -0.369. The number of halogens is 2. The number of hydrogen-bond donors (Lipinski definition) is 1. The number of hydrogen-bond acceptors (Lipinski definition) is 3. The molecule has 4 nitrogen and oxygen atoms in total. The van der Waals surface area contributed by atoms with Gasteiger partial charge >= 0.3 is 0 Å². The van der Waals surface area contributed by atoms with E-state index in [1.807, 2.05) is 0 Å². The lowest BCUT2D eigenvalue weighted by atomic mass is 10.3. The molecule has 0 fully saturated rings. The monoisotopic (exact) mass is 305 g/mol. The lowest BCUT2D eigenvalue weighted by molar-refractivity contribution is -0.121. The molecule has 0 heterocycles. The quantitative estimate of drug-likeness (QED) is 0.820. The van der Waals surface area contributed by atoms with Gasteiger partial charge in [0, 0.05) is 11.6 Å². The van der Waals surface area contributed by atoms with Gasteiger partial charge in [0.25, 0.3) is 0 Å². The van der Waals surface area contributed by atoms with Gasteiger partial charge in [0.2, 0.25) is 5.91 Å². The fourth-order valence-corrected chi connectivity index (χ4v) is 1.53. The molecule has 1 aromatic rings. The van der Waals surface area contributed by atoms with Gasteiger partial charge in [-0.2, -0.15) is 0 Å². The summed E-state index contributed by atoms with van der Waals surface area (Å²) in [4.78, 5) is 11.4. The van der Waals surface area contributed by atoms with E-state index in [-0.39, 0.29) is 18.3 Å². The van der Waals surface area contributed by atoms with Crippen LogP contribution in [0, 0.1) is 5.82 Å². The number of anilines is 1. The third-order valence-electron chi connectivity index (χ3n) is 1.87. The molecule has 0 spiro atoms. The standard InChI is InChI=1S/C11H13BrFNO3/c1-16-4-5-17-7-11(15)14-10-3-2-8(13)6-9(10)12/h2-3,6H,4-5,7H2,1H3,(H,14,15). The molecule has 0 unspecified atom stereocenters. The zero-order valence-electron chi connectivity index (χ0n) is 9.33. The fraction of sp³-hybridized carbons (Fsp3) is 0.364. The van der Waals surface area contributed by atoms with Gasteiger partial charge in [0.05, 0.1) is 18.9 Å². The third-order valence-corrected chi connectivity index (χ3v) is 2.53. The van der Waals surface area contributed by atoms with E-state index in [9.17, 15) is 9.18 Å². The summed E-state index contributed by atoms with van der Waals surface area (Å²) in [7, 11) is 1.55. The van der Waals surface area contributed by atoms with Crippen LogP contribution < -0.4 is 5.32 Å². The van der Waals surface area contributed by atoms with Crippen molar-refractivity contribution in [1.82, 2.24) is 0 Å². The Morgan fingerprint density at radius 3 is 2.88 bits per heavy atom. The average Bonchev–Trinajstić information content (AvgIpc) is 2.28. The number of benzene rings is 1. The zero-order valence-corrected chi connectivity index (χ0v) is 10.9. The first-order valence-electron chi connectivity index (χ1n) is 4.95. The Hall–Kier alpha value is -0.980. The summed E-state index contributed by atoms with van der Waals surface area (Å²) in [5.41, 5.74) is 0.506. The third kappa shape index (κ3) is 5.25. The Balaban J connectivity index is 2.40. The first-order valence-corrected chi connectivity index (χ1v) is 5.74. The highest BCUT2D eigenvalue weighted by Crippen LogP contribution is 2.22. The molecule has 1 aromatic carbocycles. The van der Waals surface area contributed by atoms with Gasteiger partial charge in [-0.3, -0.25) is 4.79 Å². The molecule has 94 valence electrons. The second-order valence-electron chi connectivity index (χ2n) is 3.22. The molecular weight excluding hydrogens is 293 g/mol. The molecule has 0 aliphatic carbocycles. The fourth-order valence-electron chi connectivity index (χ4n) is 1.08.